The van der Waals surface area contributed by atoms with Gasteiger partial charge in [-0.05, 0) is 25.0 Å². The van der Waals surface area contributed by atoms with Crippen molar-refractivity contribution in [2.75, 3.05) is 13.7 Å². The Kier molecular flexibility index (Phi) is 4.03. The van der Waals surface area contributed by atoms with Gasteiger partial charge in [0, 0.05) is 11.6 Å². The monoisotopic (exact) mass is 240 g/mol. The quantitative estimate of drug-likeness (QED) is 0.587. The lowest BCUT2D eigenvalue weighted by molar-refractivity contribution is -0.385. The van der Waals surface area contributed by atoms with Crippen LogP contribution in [0.1, 0.15) is 12.5 Å². The predicted octanol–water partition coefficient (Wildman–Crippen LogP) is 0.856. The summed E-state index contributed by atoms with van der Waals surface area (Å²) in [7, 11) is 1.38. The van der Waals surface area contributed by atoms with Crippen LogP contribution in [0.15, 0.2) is 18.2 Å². The second-order valence-corrected chi connectivity index (χ2v) is 4.25. The molecule has 1 atom stereocenters. The lowest BCUT2D eigenvalue weighted by Gasteiger charge is -2.21. The van der Waals surface area contributed by atoms with Crippen molar-refractivity contribution in [1.29, 1.82) is 0 Å². The molecule has 0 bridgehead atoms. The fourth-order valence-electron chi connectivity index (χ4n) is 1.51. The molecule has 0 saturated carbocycles. The van der Waals surface area contributed by atoms with Crippen LogP contribution in [0.5, 0.6) is 5.75 Å². The van der Waals surface area contributed by atoms with Crippen LogP contribution < -0.4 is 10.5 Å². The molecule has 0 aliphatic heterocycles. The van der Waals surface area contributed by atoms with Crippen molar-refractivity contribution in [2.45, 2.75) is 18.9 Å². The molecule has 0 heterocycles. The van der Waals surface area contributed by atoms with Gasteiger partial charge in [-0.3, -0.25) is 10.1 Å². The number of nitro groups is 1. The molecule has 0 spiro atoms. The zero-order valence-electron chi connectivity index (χ0n) is 9.84. The highest BCUT2D eigenvalue weighted by Gasteiger charge is 2.21. The number of hydrogen-bond acceptors (Lipinski definition) is 5. The molecule has 1 unspecified atom stereocenters. The van der Waals surface area contributed by atoms with Crippen molar-refractivity contribution in [2.24, 2.45) is 5.73 Å². The van der Waals surface area contributed by atoms with E-state index in [9.17, 15) is 10.1 Å². The van der Waals surface area contributed by atoms with Crippen LogP contribution in [0.25, 0.3) is 0 Å². The SMILES string of the molecule is COc1ccc(CC(C)(N)CO)cc1[N+](=O)[O-]. The minimum atomic E-state index is -0.789. The van der Waals surface area contributed by atoms with Gasteiger partial charge in [0.15, 0.2) is 5.75 Å². The number of methoxy groups -OCH3 is 1. The Morgan fingerprint density at radius 2 is 2.24 bits per heavy atom. The molecule has 0 saturated heterocycles. The Balaban J connectivity index is 3.04. The Morgan fingerprint density at radius 3 is 2.71 bits per heavy atom. The summed E-state index contributed by atoms with van der Waals surface area (Å²) in [6.07, 6.45) is 0.355. The molecule has 3 N–H and O–H groups in total. The van der Waals surface area contributed by atoms with Crippen molar-refractivity contribution in [3.8, 4) is 5.75 Å². The van der Waals surface area contributed by atoms with Gasteiger partial charge in [0.05, 0.1) is 18.6 Å². The van der Waals surface area contributed by atoms with Crippen molar-refractivity contribution in [3.63, 3.8) is 0 Å². The van der Waals surface area contributed by atoms with E-state index in [1.54, 1.807) is 13.0 Å². The van der Waals surface area contributed by atoms with Crippen LogP contribution >= 0.6 is 0 Å². The first-order chi connectivity index (χ1) is 7.89. The van der Waals surface area contributed by atoms with Gasteiger partial charge in [0.2, 0.25) is 0 Å². The minimum Gasteiger partial charge on any atom is -0.490 e. The molecule has 0 radical (unpaired) electrons. The molecule has 0 aromatic heterocycles. The fraction of sp³-hybridized carbons (Fsp3) is 0.455. The number of ether oxygens (including phenoxy) is 1. The van der Waals surface area contributed by atoms with Crippen molar-refractivity contribution < 1.29 is 14.8 Å². The highest BCUT2D eigenvalue weighted by molar-refractivity contribution is 5.48. The first-order valence-electron chi connectivity index (χ1n) is 5.10. The Bertz CT molecular complexity index is 418. The van der Waals surface area contributed by atoms with Crippen LogP contribution in [-0.2, 0) is 6.42 Å². The van der Waals surface area contributed by atoms with E-state index in [1.165, 1.54) is 19.2 Å². The second-order valence-electron chi connectivity index (χ2n) is 4.25. The summed E-state index contributed by atoms with van der Waals surface area (Å²) in [4.78, 5) is 10.3. The largest absolute Gasteiger partial charge is 0.490 e. The minimum absolute atomic E-state index is 0.0984. The molecular weight excluding hydrogens is 224 g/mol. The summed E-state index contributed by atoms with van der Waals surface area (Å²) in [5, 5.41) is 19.9. The van der Waals surface area contributed by atoms with Gasteiger partial charge < -0.3 is 15.6 Å². The van der Waals surface area contributed by atoms with Gasteiger partial charge in [-0.1, -0.05) is 6.07 Å². The zero-order valence-corrected chi connectivity index (χ0v) is 9.84. The summed E-state index contributed by atoms with van der Waals surface area (Å²) in [6, 6.07) is 4.65. The number of nitrogens with zero attached hydrogens (tertiary/aromatic N) is 1. The number of nitro benzene ring substituents is 1. The summed E-state index contributed by atoms with van der Waals surface area (Å²) in [5.74, 6) is 0.210. The molecule has 0 amide bonds. The molecule has 0 fully saturated rings. The van der Waals surface area contributed by atoms with Crippen LogP contribution in [0, 0.1) is 10.1 Å². The number of aliphatic hydroxyl groups is 1. The van der Waals surface area contributed by atoms with E-state index in [1.807, 2.05) is 0 Å². The lowest BCUT2D eigenvalue weighted by atomic mass is 9.94. The maximum Gasteiger partial charge on any atom is 0.311 e. The van der Waals surface area contributed by atoms with Crippen LogP contribution in [0.4, 0.5) is 5.69 Å². The molecule has 6 nitrogen and oxygen atoms in total. The molecule has 17 heavy (non-hydrogen) atoms. The number of benzene rings is 1. The number of nitrogens with two attached hydrogens (primary N) is 1. The summed E-state index contributed by atoms with van der Waals surface area (Å²) < 4.78 is 4.90. The second kappa shape index (κ2) is 5.11. The first-order valence-corrected chi connectivity index (χ1v) is 5.10. The predicted molar refractivity (Wildman–Crippen MR) is 63.0 cm³/mol. The van der Waals surface area contributed by atoms with Crippen molar-refractivity contribution >= 4 is 5.69 Å². The van der Waals surface area contributed by atoms with Crippen molar-refractivity contribution in [3.05, 3.63) is 33.9 Å². The third kappa shape index (κ3) is 3.40. The molecule has 6 heteroatoms. The summed E-state index contributed by atoms with van der Waals surface area (Å²) >= 11 is 0. The number of aliphatic hydroxyl groups excluding tert-OH is 1. The van der Waals surface area contributed by atoms with Crippen LogP contribution in [0.3, 0.4) is 0 Å². The molecule has 1 aromatic rings. The lowest BCUT2D eigenvalue weighted by Crippen LogP contribution is -2.42. The summed E-state index contributed by atoms with van der Waals surface area (Å²) in [5.41, 5.74) is 5.60. The first kappa shape index (κ1) is 13.4. The van der Waals surface area contributed by atoms with Crippen LogP contribution in [-0.4, -0.2) is 29.3 Å². The van der Waals surface area contributed by atoms with Crippen LogP contribution in [0.2, 0.25) is 0 Å². The maximum atomic E-state index is 10.8. The molecule has 0 aliphatic carbocycles. The average molecular weight is 240 g/mol. The van der Waals surface area contributed by atoms with E-state index >= 15 is 0 Å². The third-order valence-electron chi connectivity index (χ3n) is 2.41. The third-order valence-corrected chi connectivity index (χ3v) is 2.41. The van der Waals surface area contributed by atoms with E-state index < -0.39 is 10.5 Å². The molecular formula is C11H16N2O4. The van der Waals surface area contributed by atoms with Gasteiger partial charge in [0.25, 0.3) is 0 Å². The normalized spacial score (nSPS) is 14.1. The van der Waals surface area contributed by atoms with Gasteiger partial charge in [-0.2, -0.15) is 0 Å². The molecule has 1 aromatic carbocycles. The van der Waals surface area contributed by atoms with Gasteiger partial charge >= 0.3 is 5.69 Å². The fourth-order valence-corrected chi connectivity index (χ4v) is 1.51. The van der Waals surface area contributed by atoms with E-state index in [4.69, 9.17) is 15.6 Å². The highest BCUT2D eigenvalue weighted by atomic mass is 16.6. The van der Waals surface area contributed by atoms with E-state index in [2.05, 4.69) is 0 Å². The molecule has 94 valence electrons. The van der Waals surface area contributed by atoms with E-state index in [0.29, 0.717) is 12.0 Å². The van der Waals surface area contributed by atoms with Gasteiger partial charge in [-0.15, -0.1) is 0 Å². The topological polar surface area (TPSA) is 98.6 Å². The average Bonchev–Trinajstić information content (AvgIpc) is 2.28. The zero-order chi connectivity index (χ0) is 13.1. The van der Waals surface area contributed by atoms with E-state index in [0.717, 1.165) is 0 Å². The smallest absolute Gasteiger partial charge is 0.311 e. The Labute approximate surface area is 99.2 Å². The van der Waals surface area contributed by atoms with E-state index in [-0.39, 0.29) is 18.0 Å². The Morgan fingerprint density at radius 1 is 1.59 bits per heavy atom. The summed E-state index contributed by atoms with van der Waals surface area (Å²) in [6.45, 7) is 1.50. The van der Waals surface area contributed by atoms with Crippen molar-refractivity contribution in [1.82, 2.24) is 0 Å². The van der Waals surface area contributed by atoms with Gasteiger partial charge in [0.1, 0.15) is 0 Å². The number of hydrogen-bond donors (Lipinski definition) is 2. The molecule has 0 aliphatic rings. The highest BCUT2D eigenvalue weighted by Crippen LogP contribution is 2.28. The maximum absolute atomic E-state index is 10.8. The standard InChI is InChI=1S/C11H16N2O4/c1-11(12,7-14)6-8-3-4-10(17-2)9(5-8)13(15)16/h3-5,14H,6-7,12H2,1-2H3. The molecule has 1 rings (SSSR count). The van der Waals surface area contributed by atoms with Gasteiger partial charge in [-0.25, -0.2) is 0 Å². The Hall–Kier alpha value is -1.66. The number of rotatable bonds is 5.